The zero-order valence-electron chi connectivity index (χ0n) is 16.7. The van der Waals surface area contributed by atoms with Gasteiger partial charge in [0.2, 0.25) is 5.89 Å². The molecule has 1 saturated carbocycles. The van der Waals surface area contributed by atoms with Crippen molar-refractivity contribution in [1.29, 1.82) is 0 Å². The van der Waals surface area contributed by atoms with Crippen molar-refractivity contribution >= 4 is 21.0 Å². The summed E-state index contributed by atoms with van der Waals surface area (Å²) in [6, 6.07) is 15.4. The maximum absolute atomic E-state index is 13.1. The molecule has 11 heteroatoms. The molecule has 5 rings (SSSR count). The fourth-order valence-electron chi connectivity index (χ4n) is 3.87. The van der Waals surface area contributed by atoms with E-state index in [4.69, 9.17) is 13.9 Å². The van der Waals surface area contributed by atoms with Crippen LogP contribution in [0.15, 0.2) is 63.8 Å². The van der Waals surface area contributed by atoms with Crippen molar-refractivity contribution in [3.05, 3.63) is 76.6 Å². The second kappa shape index (κ2) is 7.83. The van der Waals surface area contributed by atoms with E-state index in [0.717, 1.165) is 4.31 Å². The van der Waals surface area contributed by atoms with Crippen LogP contribution in [0.3, 0.4) is 0 Å². The molecule has 2 heterocycles. The lowest BCUT2D eigenvalue weighted by molar-refractivity contribution is 0.163. The Labute approximate surface area is 182 Å². The van der Waals surface area contributed by atoms with Gasteiger partial charge in [0.15, 0.2) is 0 Å². The lowest BCUT2D eigenvalue weighted by Crippen LogP contribution is -2.47. The Morgan fingerprint density at radius 1 is 1.16 bits per heavy atom. The fraction of sp³-hybridized carbons (Fsp3) is 0.286. The van der Waals surface area contributed by atoms with Crippen LogP contribution in [0.2, 0.25) is 0 Å². The normalized spacial score (nSPS) is 22.0. The first-order valence-corrected chi connectivity index (χ1v) is 11.4. The predicted octanol–water partition coefficient (Wildman–Crippen LogP) is 2.40. The van der Waals surface area contributed by atoms with Gasteiger partial charge in [0.05, 0.1) is 12.2 Å². The third kappa shape index (κ3) is 3.75. The molecule has 0 radical (unpaired) electrons. The molecule has 1 fully saturated rings. The van der Waals surface area contributed by atoms with Crippen molar-refractivity contribution in [1.82, 2.24) is 10.2 Å². The largest absolute Gasteiger partial charge is 0.486 e. The topological polar surface area (TPSA) is 132 Å². The standard InChI is InChI=1S/C21H19N3O7S/c25-20-23-22-19(31-20)15-10-14(15)18-11-24(16-8-4-5-9-17(16)30-18)32(27,28)21(26)29-12-13-6-2-1-3-7-13/h1-9,14-15,18H,10-12H2,(H,23,25)/t14?,15?,18-/m1/s1. The Hall–Kier alpha value is -3.60. The van der Waals surface area contributed by atoms with Gasteiger partial charge in [-0.3, -0.25) is 4.31 Å². The minimum absolute atomic E-state index is 0.0738. The van der Waals surface area contributed by atoms with Gasteiger partial charge in [0.1, 0.15) is 18.5 Å². The Balaban J connectivity index is 1.37. The van der Waals surface area contributed by atoms with Gasteiger partial charge in [-0.15, -0.1) is 5.10 Å². The highest BCUT2D eigenvalue weighted by Crippen LogP contribution is 2.51. The second-order valence-corrected chi connectivity index (χ2v) is 9.37. The number of sulfonamides is 1. The highest BCUT2D eigenvalue weighted by atomic mass is 32.2. The Kier molecular flexibility index (Phi) is 4.97. The van der Waals surface area contributed by atoms with Crippen molar-refractivity contribution < 1.29 is 27.1 Å². The van der Waals surface area contributed by atoms with E-state index < -0.39 is 27.2 Å². The van der Waals surface area contributed by atoms with Gasteiger partial charge >= 0.3 is 21.1 Å². The van der Waals surface area contributed by atoms with Crippen molar-refractivity contribution in [3.8, 4) is 5.75 Å². The molecule has 1 aromatic heterocycles. The van der Waals surface area contributed by atoms with Crippen LogP contribution in [0.4, 0.5) is 10.5 Å². The molecule has 10 nitrogen and oxygen atoms in total. The molecule has 3 aromatic rings. The number of rotatable bonds is 5. The maximum Gasteiger partial charge on any atom is 0.445 e. The maximum atomic E-state index is 13.1. The lowest BCUT2D eigenvalue weighted by atomic mass is 10.1. The van der Waals surface area contributed by atoms with Crippen LogP contribution in [0, 0.1) is 5.92 Å². The number of carbonyl (C=O) groups excluding carboxylic acids is 1. The first kappa shape index (κ1) is 20.3. The van der Waals surface area contributed by atoms with Crippen LogP contribution in [-0.2, 0) is 21.4 Å². The predicted molar refractivity (Wildman–Crippen MR) is 112 cm³/mol. The average Bonchev–Trinajstić information content (AvgIpc) is 3.50. The molecule has 2 unspecified atom stereocenters. The Morgan fingerprint density at radius 3 is 2.66 bits per heavy atom. The number of carbonyl (C=O) groups is 1. The molecule has 2 aliphatic rings. The van der Waals surface area contributed by atoms with Gasteiger partial charge in [0.25, 0.3) is 0 Å². The number of aromatic nitrogens is 2. The van der Waals surface area contributed by atoms with Gasteiger partial charge in [-0.2, -0.15) is 8.42 Å². The number of fused-ring (bicyclic) bond motifs is 1. The number of nitrogens with zero attached hydrogens (tertiary/aromatic N) is 2. The van der Waals surface area contributed by atoms with Crippen molar-refractivity contribution in [2.75, 3.05) is 10.8 Å². The van der Waals surface area contributed by atoms with Crippen LogP contribution < -0.4 is 14.8 Å². The van der Waals surface area contributed by atoms with Gasteiger partial charge in [-0.1, -0.05) is 42.5 Å². The van der Waals surface area contributed by atoms with E-state index in [1.54, 1.807) is 48.5 Å². The van der Waals surface area contributed by atoms with Gasteiger partial charge < -0.3 is 13.9 Å². The van der Waals surface area contributed by atoms with Gasteiger partial charge in [-0.05, 0) is 24.1 Å². The highest BCUT2D eigenvalue weighted by Gasteiger charge is 2.52. The molecule has 32 heavy (non-hydrogen) atoms. The minimum Gasteiger partial charge on any atom is -0.486 e. The van der Waals surface area contributed by atoms with E-state index >= 15 is 0 Å². The Bertz CT molecular complexity index is 1300. The van der Waals surface area contributed by atoms with E-state index in [2.05, 4.69) is 10.2 Å². The summed E-state index contributed by atoms with van der Waals surface area (Å²) < 4.78 is 43.4. The smallest absolute Gasteiger partial charge is 0.445 e. The molecule has 0 spiro atoms. The summed E-state index contributed by atoms with van der Waals surface area (Å²) in [5, 5.41) is 4.74. The molecule has 1 aliphatic carbocycles. The summed E-state index contributed by atoms with van der Waals surface area (Å²) in [6.45, 7) is -0.229. The molecule has 0 saturated heterocycles. The van der Waals surface area contributed by atoms with Crippen LogP contribution >= 0.6 is 0 Å². The van der Waals surface area contributed by atoms with Crippen molar-refractivity contribution in [2.45, 2.75) is 25.0 Å². The van der Waals surface area contributed by atoms with Gasteiger partial charge in [0, 0.05) is 11.8 Å². The number of ether oxygens (including phenoxy) is 2. The zero-order chi connectivity index (χ0) is 22.3. The summed E-state index contributed by atoms with van der Waals surface area (Å²) in [5.41, 5.74) is 0.946. The molecule has 2 aromatic carbocycles. The summed E-state index contributed by atoms with van der Waals surface area (Å²) in [6.07, 6.45) is 0.0704. The van der Waals surface area contributed by atoms with Crippen LogP contribution in [0.1, 0.15) is 23.8 Å². The molecular formula is C21H19N3O7S. The molecule has 0 bridgehead atoms. The number of para-hydroxylation sites is 2. The van der Waals surface area contributed by atoms with E-state index in [1.165, 1.54) is 0 Å². The SMILES string of the molecule is O=C(OCc1ccccc1)S(=O)(=O)N1C[C@H](C2CC2c2n[nH]c(=O)o2)Oc2ccccc21. The van der Waals surface area contributed by atoms with Gasteiger partial charge in [-0.25, -0.2) is 14.7 Å². The third-order valence-corrected chi connectivity index (χ3v) is 7.01. The van der Waals surface area contributed by atoms with Crippen molar-refractivity contribution in [3.63, 3.8) is 0 Å². The second-order valence-electron chi connectivity index (χ2n) is 7.64. The number of benzene rings is 2. The van der Waals surface area contributed by atoms with Crippen molar-refractivity contribution in [2.24, 2.45) is 5.92 Å². The third-order valence-electron chi connectivity index (χ3n) is 5.55. The zero-order valence-corrected chi connectivity index (χ0v) is 17.5. The first-order chi connectivity index (χ1) is 15.4. The minimum atomic E-state index is -4.47. The number of aromatic amines is 1. The molecule has 1 N–H and O–H groups in total. The quantitative estimate of drug-likeness (QED) is 0.578. The van der Waals surface area contributed by atoms with Crippen LogP contribution in [0.5, 0.6) is 5.75 Å². The molecule has 0 amide bonds. The van der Waals surface area contributed by atoms with E-state index in [-0.39, 0.29) is 36.6 Å². The summed E-state index contributed by atoms with van der Waals surface area (Å²) in [7, 11) is -4.47. The number of nitrogens with one attached hydrogen (secondary N) is 1. The van der Waals surface area contributed by atoms with E-state index in [1.807, 2.05) is 6.07 Å². The Morgan fingerprint density at radius 2 is 1.91 bits per heavy atom. The first-order valence-electron chi connectivity index (χ1n) is 9.98. The molecule has 166 valence electrons. The van der Waals surface area contributed by atoms with E-state index in [0.29, 0.717) is 17.7 Å². The van der Waals surface area contributed by atoms with Crippen LogP contribution in [-0.4, -0.2) is 36.6 Å². The van der Waals surface area contributed by atoms with Crippen LogP contribution in [0.25, 0.3) is 0 Å². The summed E-state index contributed by atoms with van der Waals surface area (Å²) in [5.74, 6) is -0.325. The number of anilines is 1. The number of H-pyrrole nitrogens is 1. The molecule has 1 aliphatic heterocycles. The fourth-order valence-corrected chi connectivity index (χ4v) is 5.01. The summed E-state index contributed by atoms with van der Waals surface area (Å²) in [4.78, 5) is 23.8. The molecule has 3 atom stereocenters. The average molecular weight is 457 g/mol. The molecular weight excluding hydrogens is 438 g/mol. The van der Waals surface area contributed by atoms with E-state index in [9.17, 15) is 18.0 Å². The summed E-state index contributed by atoms with van der Waals surface area (Å²) >= 11 is 0. The number of hydrogen-bond donors (Lipinski definition) is 1. The monoisotopic (exact) mass is 457 g/mol. The number of hydrogen-bond acceptors (Lipinski definition) is 8. The highest BCUT2D eigenvalue weighted by molar-refractivity contribution is 8.06. The lowest BCUT2D eigenvalue weighted by Gasteiger charge is -2.34.